The molecule has 1 amide bonds. The van der Waals surface area contributed by atoms with Gasteiger partial charge in [-0.15, -0.1) is 0 Å². The number of nitrogens with zero attached hydrogens (tertiary/aromatic N) is 3. The summed E-state index contributed by atoms with van der Waals surface area (Å²) in [6, 6.07) is 4.20. The van der Waals surface area contributed by atoms with Crippen LogP contribution in [0.2, 0.25) is 0 Å². The van der Waals surface area contributed by atoms with Gasteiger partial charge in [-0.2, -0.15) is 5.26 Å². The molecule has 2 N–H and O–H groups in total. The summed E-state index contributed by atoms with van der Waals surface area (Å²) in [6.45, 7) is 5.05. The lowest BCUT2D eigenvalue weighted by Gasteiger charge is -2.18. The normalized spacial score (nSPS) is 11.0. The first-order valence-electron chi connectivity index (χ1n) is 7.92. The minimum Gasteiger partial charge on any atom is -0.504 e. The predicted molar refractivity (Wildman–Crippen MR) is 91.8 cm³/mol. The molecule has 8 heteroatoms. The molecule has 0 atom stereocenters. The fourth-order valence-corrected chi connectivity index (χ4v) is 2.37. The van der Waals surface area contributed by atoms with Crippen LogP contribution < -0.4 is 0 Å². The van der Waals surface area contributed by atoms with Gasteiger partial charge < -0.3 is 15.1 Å². The Balaban J connectivity index is 2.86. The van der Waals surface area contributed by atoms with Crippen molar-refractivity contribution >= 4 is 17.7 Å². The highest BCUT2D eigenvalue weighted by Crippen LogP contribution is 2.36. The molecule has 0 aliphatic heterocycles. The van der Waals surface area contributed by atoms with Crippen molar-refractivity contribution in [2.24, 2.45) is 0 Å². The molecule has 0 bridgehead atoms. The van der Waals surface area contributed by atoms with Crippen LogP contribution in [0.15, 0.2) is 17.7 Å². The summed E-state index contributed by atoms with van der Waals surface area (Å²) in [4.78, 5) is 23.7. The second-order valence-corrected chi connectivity index (χ2v) is 5.37. The van der Waals surface area contributed by atoms with Crippen LogP contribution in [0.3, 0.4) is 0 Å². The molecule has 25 heavy (non-hydrogen) atoms. The first-order chi connectivity index (χ1) is 11.8. The van der Waals surface area contributed by atoms with Gasteiger partial charge in [0.1, 0.15) is 0 Å². The third kappa shape index (κ3) is 5.49. The quantitative estimate of drug-likeness (QED) is 0.322. The van der Waals surface area contributed by atoms with Crippen molar-refractivity contribution in [3.05, 3.63) is 33.4 Å². The molecule has 0 saturated heterocycles. The number of hydrogen-bond donors (Lipinski definition) is 2. The number of allylic oxidation sites excluding steroid dienone is 1. The first-order valence-corrected chi connectivity index (χ1v) is 7.92. The minimum absolute atomic E-state index is 0.0141. The van der Waals surface area contributed by atoms with E-state index >= 15 is 0 Å². The van der Waals surface area contributed by atoms with E-state index in [2.05, 4.69) is 0 Å². The summed E-state index contributed by atoms with van der Waals surface area (Å²) < 4.78 is 0. The van der Waals surface area contributed by atoms with Gasteiger partial charge in [-0.3, -0.25) is 14.9 Å². The van der Waals surface area contributed by atoms with Crippen LogP contribution in [0.4, 0.5) is 5.69 Å². The van der Waals surface area contributed by atoms with Crippen molar-refractivity contribution in [1.29, 1.82) is 5.26 Å². The van der Waals surface area contributed by atoms with E-state index in [9.17, 15) is 30.4 Å². The topological polar surface area (TPSA) is 128 Å². The van der Waals surface area contributed by atoms with Crippen molar-refractivity contribution in [3.8, 4) is 17.6 Å². The molecule has 0 aliphatic carbocycles. The Hall–Kier alpha value is -3.08. The molecule has 0 heterocycles. The summed E-state index contributed by atoms with van der Waals surface area (Å²) in [5.74, 6) is -1.43. The van der Waals surface area contributed by atoms with Crippen molar-refractivity contribution in [1.82, 2.24) is 4.90 Å². The van der Waals surface area contributed by atoms with E-state index in [1.165, 1.54) is 6.08 Å². The molecule has 134 valence electrons. The third-order valence-electron chi connectivity index (χ3n) is 3.73. The number of nitro groups is 1. The van der Waals surface area contributed by atoms with Crippen LogP contribution in [0.5, 0.6) is 11.5 Å². The molecule has 8 nitrogen and oxygen atoms in total. The van der Waals surface area contributed by atoms with Gasteiger partial charge in [0.2, 0.25) is 11.7 Å². The molecule has 0 radical (unpaired) electrons. The maximum atomic E-state index is 11.9. The zero-order valence-electron chi connectivity index (χ0n) is 14.2. The molecular formula is C17H21N3O5. The fraction of sp³-hybridized carbons (Fsp3) is 0.412. The number of carbonyl (C=O) groups is 1. The van der Waals surface area contributed by atoms with Gasteiger partial charge in [-0.1, -0.05) is 0 Å². The summed E-state index contributed by atoms with van der Waals surface area (Å²) in [5, 5.41) is 39.1. The number of hydrogen-bond acceptors (Lipinski definition) is 6. The average molecular weight is 347 g/mol. The predicted octanol–water partition coefficient (Wildman–Crippen LogP) is 2.95. The summed E-state index contributed by atoms with van der Waals surface area (Å²) in [6.07, 6.45) is 2.51. The van der Waals surface area contributed by atoms with Crippen LogP contribution in [0.1, 0.15) is 38.7 Å². The standard InChI is InChI=1S/C17H21N3O5/c1-3-19(4-2)16(22)7-5-6-12(11-18)8-13-9-14(20(24)25)17(23)15(21)10-13/h8-10,21,23H,3-7H2,1-2H3/b12-8+. The summed E-state index contributed by atoms with van der Waals surface area (Å²) in [7, 11) is 0. The second-order valence-electron chi connectivity index (χ2n) is 5.37. The van der Waals surface area contributed by atoms with Gasteiger partial charge in [0.15, 0.2) is 5.75 Å². The van der Waals surface area contributed by atoms with Gasteiger partial charge in [0.25, 0.3) is 0 Å². The molecule has 1 rings (SSSR count). The molecule has 0 fully saturated rings. The van der Waals surface area contributed by atoms with E-state index in [0.29, 0.717) is 37.9 Å². The van der Waals surface area contributed by atoms with Crippen LogP contribution in [-0.4, -0.2) is 39.0 Å². The van der Waals surface area contributed by atoms with E-state index in [-0.39, 0.29) is 11.5 Å². The Morgan fingerprint density at radius 3 is 2.48 bits per heavy atom. The number of phenolic OH excluding ortho intramolecular Hbond substituents is 2. The molecule has 1 aromatic rings. The number of benzene rings is 1. The molecule has 0 aromatic heterocycles. The van der Waals surface area contributed by atoms with E-state index in [0.717, 1.165) is 12.1 Å². The van der Waals surface area contributed by atoms with Crippen molar-refractivity contribution in [2.75, 3.05) is 13.1 Å². The Kier molecular flexibility index (Phi) is 7.41. The second kappa shape index (κ2) is 9.27. The van der Waals surface area contributed by atoms with Gasteiger partial charge in [0, 0.05) is 31.1 Å². The van der Waals surface area contributed by atoms with Crippen molar-refractivity contribution < 1.29 is 19.9 Å². The van der Waals surface area contributed by atoms with E-state index in [4.69, 9.17) is 0 Å². The Morgan fingerprint density at radius 1 is 1.32 bits per heavy atom. The molecule has 0 saturated carbocycles. The molecule has 1 aromatic carbocycles. The van der Waals surface area contributed by atoms with E-state index < -0.39 is 22.1 Å². The Bertz CT molecular complexity index is 718. The number of aromatic hydroxyl groups is 2. The molecule has 0 spiro atoms. The number of nitro benzene ring substituents is 1. The lowest BCUT2D eigenvalue weighted by molar-refractivity contribution is -0.386. The van der Waals surface area contributed by atoms with Crippen molar-refractivity contribution in [3.63, 3.8) is 0 Å². The zero-order valence-corrected chi connectivity index (χ0v) is 14.2. The first kappa shape index (κ1) is 20.0. The highest BCUT2D eigenvalue weighted by molar-refractivity contribution is 5.76. The maximum Gasteiger partial charge on any atom is 0.315 e. The maximum absolute atomic E-state index is 11.9. The number of carbonyl (C=O) groups excluding carboxylic acids is 1. The number of rotatable bonds is 8. The van der Waals surface area contributed by atoms with E-state index in [1.807, 2.05) is 19.9 Å². The van der Waals surface area contributed by atoms with Gasteiger partial charge >= 0.3 is 5.69 Å². The zero-order chi connectivity index (χ0) is 19.0. The fourth-order valence-electron chi connectivity index (χ4n) is 2.37. The van der Waals surface area contributed by atoms with Crippen LogP contribution in [0, 0.1) is 21.4 Å². The number of nitriles is 1. The summed E-state index contributed by atoms with van der Waals surface area (Å²) in [5.41, 5.74) is -0.0828. The largest absolute Gasteiger partial charge is 0.504 e. The smallest absolute Gasteiger partial charge is 0.315 e. The Labute approximate surface area is 145 Å². The van der Waals surface area contributed by atoms with Crippen molar-refractivity contribution in [2.45, 2.75) is 33.1 Å². The summed E-state index contributed by atoms with van der Waals surface area (Å²) >= 11 is 0. The lowest BCUT2D eigenvalue weighted by Crippen LogP contribution is -2.30. The number of phenols is 2. The lowest BCUT2D eigenvalue weighted by atomic mass is 10.0. The SMILES string of the molecule is CCN(CC)C(=O)CCC/C(C#N)=C\c1cc(O)c(O)c([N+](=O)[O-])c1. The monoisotopic (exact) mass is 347 g/mol. The average Bonchev–Trinajstić information content (AvgIpc) is 2.57. The molecular weight excluding hydrogens is 326 g/mol. The molecule has 0 unspecified atom stereocenters. The van der Waals surface area contributed by atoms with Gasteiger partial charge in [-0.25, -0.2) is 0 Å². The van der Waals surface area contributed by atoms with Gasteiger partial charge in [0.05, 0.1) is 11.0 Å². The number of amides is 1. The van der Waals surface area contributed by atoms with Crippen LogP contribution in [0.25, 0.3) is 6.08 Å². The highest BCUT2D eigenvalue weighted by atomic mass is 16.6. The Morgan fingerprint density at radius 2 is 1.96 bits per heavy atom. The van der Waals surface area contributed by atoms with E-state index in [1.54, 1.807) is 4.90 Å². The minimum atomic E-state index is -0.818. The highest BCUT2D eigenvalue weighted by Gasteiger charge is 2.18. The van der Waals surface area contributed by atoms with Gasteiger partial charge in [-0.05, 0) is 44.4 Å². The van der Waals surface area contributed by atoms with Crippen LogP contribution >= 0.6 is 0 Å². The third-order valence-corrected chi connectivity index (χ3v) is 3.73. The van der Waals surface area contributed by atoms with Crippen LogP contribution in [-0.2, 0) is 4.79 Å². The molecule has 0 aliphatic rings.